The van der Waals surface area contributed by atoms with Crippen molar-refractivity contribution in [3.63, 3.8) is 0 Å². The molecule has 19 heavy (non-hydrogen) atoms. The van der Waals surface area contributed by atoms with E-state index in [4.69, 9.17) is 16.6 Å². The summed E-state index contributed by atoms with van der Waals surface area (Å²) in [4.78, 5) is 13.8. The van der Waals surface area contributed by atoms with Gasteiger partial charge in [0.1, 0.15) is 9.98 Å². The van der Waals surface area contributed by atoms with E-state index in [1.54, 1.807) is 11.3 Å². The summed E-state index contributed by atoms with van der Waals surface area (Å²) >= 11 is 8.05. The first-order valence-corrected chi connectivity index (χ1v) is 8.18. The van der Waals surface area contributed by atoms with Gasteiger partial charge in [-0.3, -0.25) is 0 Å². The summed E-state index contributed by atoms with van der Waals surface area (Å²) in [7, 11) is 0. The molecule has 1 fully saturated rings. The van der Waals surface area contributed by atoms with Crippen LogP contribution in [0.15, 0.2) is 6.07 Å². The normalized spacial score (nSPS) is 16.8. The van der Waals surface area contributed by atoms with E-state index in [1.807, 2.05) is 0 Å². The highest BCUT2D eigenvalue weighted by Crippen LogP contribution is 2.31. The molecule has 0 aliphatic carbocycles. The van der Waals surface area contributed by atoms with Gasteiger partial charge in [0, 0.05) is 23.4 Å². The zero-order valence-corrected chi connectivity index (χ0v) is 12.7. The summed E-state index contributed by atoms with van der Waals surface area (Å²) < 4.78 is 0. The summed E-state index contributed by atoms with van der Waals surface area (Å²) in [5, 5.41) is 1.60. The Morgan fingerprint density at radius 2 is 1.95 bits per heavy atom. The Morgan fingerprint density at radius 3 is 2.63 bits per heavy atom. The molecule has 0 radical (unpaired) electrons. The van der Waals surface area contributed by atoms with Crippen LogP contribution in [0.3, 0.4) is 0 Å². The van der Waals surface area contributed by atoms with Crippen LogP contribution in [0.1, 0.15) is 37.5 Å². The van der Waals surface area contributed by atoms with Crippen molar-refractivity contribution in [2.75, 3.05) is 18.0 Å². The number of halogens is 1. The smallest absolute Gasteiger partial charge is 0.228 e. The first kappa shape index (κ1) is 13.1. The van der Waals surface area contributed by atoms with Crippen LogP contribution < -0.4 is 4.90 Å². The Hall–Kier alpha value is -0.870. The molecule has 0 spiro atoms. The van der Waals surface area contributed by atoms with Gasteiger partial charge in [-0.05, 0) is 25.3 Å². The topological polar surface area (TPSA) is 29.0 Å². The van der Waals surface area contributed by atoms with Crippen LogP contribution in [-0.2, 0) is 6.42 Å². The van der Waals surface area contributed by atoms with Crippen molar-refractivity contribution in [3.8, 4) is 0 Å². The summed E-state index contributed by atoms with van der Waals surface area (Å²) in [5.74, 6) is 0.809. The fourth-order valence-electron chi connectivity index (χ4n) is 2.51. The van der Waals surface area contributed by atoms with E-state index in [-0.39, 0.29) is 0 Å². The second-order valence-corrected chi connectivity index (χ2v) is 6.47. The zero-order chi connectivity index (χ0) is 13.2. The monoisotopic (exact) mass is 295 g/mol. The lowest BCUT2D eigenvalue weighted by Crippen LogP contribution is -2.25. The Kier molecular flexibility index (Phi) is 3.89. The largest absolute Gasteiger partial charge is 0.341 e. The van der Waals surface area contributed by atoms with Gasteiger partial charge in [0.25, 0.3) is 0 Å². The molecule has 2 aromatic rings. The maximum absolute atomic E-state index is 6.32. The minimum atomic E-state index is 0.597. The Morgan fingerprint density at radius 1 is 1.21 bits per heavy atom. The molecule has 3 rings (SSSR count). The Balaban J connectivity index is 1.99. The average molecular weight is 296 g/mol. The lowest BCUT2D eigenvalue weighted by molar-refractivity contribution is 0.726. The molecule has 3 heterocycles. The molecule has 2 aromatic heterocycles. The van der Waals surface area contributed by atoms with Crippen LogP contribution >= 0.6 is 22.9 Å². The van der Waals surface area contributed by atoms with E-state index in [9.17, 15) is 0 Å². The van der Waals surface area contributed by atoms with Crippen molar-refractivity contribution in [1.29, 1.82) is 0 Å². The minimum Gasteiger partial charge on any atom is -0.341 e. The van der Waals surface area contributed by atoms with E-state index >= 15 is 0 Å². The Labute approximate surface area is 122 Å². The summed E-state index contributed by atoms with van der Waals surface area (Å²) in [6, 6.07) is 2.12. The second-order valence-electron chi connectivity index (χ2n) is 5.00. The van der Waals surface area contributed by atoms with E-state index in [0.717, 1.165) is 35.7 Å². The van der Waals surface area contributed by atoms with Gasteiger partial charge >= 0.3 is 0 Å². The molecular weight excluding hydrogens is 278 g/mol. The maximum atomic E-state index is 6.32. The fourth-order valence-corrected chi connectivity index (χ4v) is 3.75. The zero-order valence-electron chi connectivity index (χ0n) is 11.2. The van der Waals surface area contributed by atoms with E-state index < -0.39 is 0 Å². The lowest BCUT2D eigenvalue weighted by atomic mass is 10.2. The fraction of sp³-hybridized carbons (Fsp3) is 0.571. The van der Waals surface area contributed by atoms with Crippen LogP contribution in [-0.4, -0.2) is 23.1 Å². The van der Waals surface area contributed by atoms with Gasteiger partial charge in [-0.1, -0.05) is 31.4 Å². The van der Waals surface area contributed by atoms with Crippen LogP contribution in [0.2, 0.25) is 5.15 Å². The predicted octanol–water partition coefficient (Wildman–Crippen LogP) is 4.29. The molecule has 1 aliphatic heterocycles. The van der Waals surface area contributed by atoms with Crippen molar-refractivity contribution < 1.29 is 0 Å². The first-order valence-electron chi connectivity index (χ1n) is 6.99. The summed E-state index contributed by atoms with van der Waals surface area (Å²) in [6.45, 7) is 4.25. The highest BCUT2D eigenvalue weighted by molar-refractivity contribution is 7.18. The minimum absolute atomic E-state index is 0.597. The molecule has 5 heteroatoms. The van der Waals surface area contributed by atoms with Crippen molar-refractivity contribution in [3.05, 3.63) is 16.1 Å². The first-order chi connectivity index (χ1) is 9.28. The molecule has 0 unspecified atom stereocenters. The molecule has 0 N–H and O–H groups in total. The highest BCUT2D eigenvalue weighted by Gasteiger charge is 2.16. The van der Waals surface area contributed by atoms with E-state index in [0.29, 0.717) is 5.15 Å². The second kappa shape index (κ2) is 5.63. The molecule has 102 valence electrons. The van der Waals surface area contributed by atoms with Gasteiger partial charge in [-0.15, -0.1) is 11.3 Å². The van der Waals surface area contributed by atoms with Crippen molar-refractivity contribution >= 4 is 39.1 Å². The molecule has 3 nitrogen and oxygen atoms in total. The third-order valence-electron chi connectivity index (χ3n) is 3.62. The van der Waals surface area contributed by atoms with Crippen molar-refractivity contribution in [2.24, 2.45) is 0 Å². The van der Waals surface area contributed by atoms with Crippen LogP contribution in [0.4, 0.5) is 5.95 Å². The highest BCUT2D eigenvalue weighted by atomic mass is 35.5. The number of hydrogen-bond acceptors (Lipinski definition) is 4. The maximum Gasteiger partial charge on any atom is 0.228 e. The van der Waals surface area contributed by atoms with E-state index in [2.05, 4.69) is 22.9 Å². The number of fused-ring (bicyclic) bond motifs is 1. The van der Waals surface area contributed by atoms with Crippen LogP contribution in [0, 0.1) is 0 Å². The Bertz CT molecular complexity index is 573. The van der Waals surface area contributed by atoms with Gasteiger partial charge in [0.15, 0.2) is 0 Å². The molecule has 1 aliphatic rings. The number of aryl methyl sites for hydroxylation is 1. The van der Waals surface area contributed by atoms with E-state index in [1.165, 1.54) is 30.6 Å². The number of aromatic nitrogens is 2. The van der Waals surface area contributed by atoms with Crippen LogP contribution in [0.5, 0.6) is 0 Å². The number of rotatable bonds is 2. The quantitative estimate of drug-likeness (QED) is 0.774. The number of thiophene rings is 1. The van der Waals surface area contributed by atoms with Crippen molar-refractivity contribution in [1.82, 2.24) is 9.97 Å². The summed E-state index contributed by atoms with van der Waals surface area (Å²) in [6.07, 6.45) is 6.10. The molecule has 1 saturated heterocycles. The molecule has 0 atom stereocenters. The predicted molar refractivity (Wildman–Crippen MR) is 82.5 cm³/mol. The van der Waals surface area contributed by atoms with Gasteiger partial charge in [0.05, 0.1) is 0 Å². The van der Waals surface area contributed by atoms with Crippen molar-refractivity contribution in [2.45, 2.75) is 39.0 Å². The SMILES string of the molecule is CCc1cc2c(Cl)nc(N3CCCCCC3)nc2s1. The molecule has 0 aromatic carbocycles. The molecule has 0 bridgehead atoms. The molecular formula is C14H18ClN3S. The lowest BCUT2D eigenvalue weighted by Gasteiger charge is -2.20. The average Bonchev–Trinajstić information content (AvgIpc) is 2.65. The molecule has 0 amide bonds. The third-order valence-corrected chi connectivity index (χ3v) is 5.08. The standard InChI is InChI=1S/C14H18ClN3S/c1-2-10-9-11-12(15)16-14(17-13(11)19-10)18-7-5-3-4-6-8-18/h9H,2-8H2,1H3. The van der Waals surface area contributed by atoms with Crippen LogP contribution in [0.25, 0.3) is 10.2 Å². The van der Waals surface area contributed by atoms with Gasteiger partial charge in [0.2, 0.25) is 5.95 Å². The number of nitrogens with zero attached hydrogens (tertiary/aromatic N) is 3. The summed E-state index contributed by atoms with van der Waals surface area (Å²) in [5.41, 5.74) is 0. The number of hydrogen-bond donors (Lipinski definition) is 0. The van der Waals surface area contributed by atoms with Gasteiger partial charge in [-0.2, -0.15) is 0 Å². The third kappa shape index (κ3) is 2.70. The van der Waals surface area contributed by atoms with Gasteiger partial charge in [-0.25, -0.2) is 9.97 Å². The van der Waals surface area contributed by atoms with Gasteiger partial charge < -0.3 is 4.90 Å². The number of anilines is 1. The molecule has 0 saturated carbocycles.